The Morgan fingerprint density at radius 2 is 0.492 bits per heavy atom. The van der Waals surface area contributed by atoms with Crippen LogP contribution in [0.5, 0.6) is 0 Å². The molecule has 0 amide bonds. The molecule has 3 aromatic carbocycles. The molecule has 362 valence electrons. The number of rotatable bonds is 13. The molecule has 0 aromatic heterocycles. The molecular formula is C51H84Cl3N9SiTi. The Labute approximate surface area is 432 Å². The van der Waals surface area contributed by atoms with E-state index in [4.69, 9.17) is 0 Å². The van der Waals surface area contributed by atoms with Crippen LogP contribution in [0.1, 0.15) is 61.1 Å². The molecule has 65 heavy (non-hydrogen) atoms. The molecule has 4 rings (SSSR count). The number of benzene rings is 3. The van der Waals surface area contributed by atoms with E-state index >= 15 is 0 Å². The summed E-state index contributed by atoms with van der Waals surface area (Å²) in [6, 6.07) is 0. The zero-order valence-corrected chi connectivity index (χ0v) is 50.5. The standard InChI is InChI=1S/C51H84N9Si.3ClH.Ti/c1-30-29-51(10,38(9)31(30)2)61(48-32(3)39(52(11)12)45(58(23)24)40(33(48)4)53(13)14,49-34(5)41(54(15)16)46(59(25)26)42(35(49)6)55(17)18)50-36(7)43(56(19)20)47(60(27)28)44(37(50)8)57(21)22;;;;/h1-28H3;3*1H;/q-1;;;;+4/p-3. The van der Waals surface area contributed by atoms with Crippen molar-refractivity contribution in [1.82, 2.24) is 0 Å². The van der Waals surface area contributed by atoms with Gasteiger partial charge in [-0.25, -0.2) is 5.57 Å². The van der Waals surface area contributed by atoms with E-state index in [1.54, 1.807) is 0 Å². The first-order chi connectivity index (χ1) is 27.9. The molecule has 1 aliphatic rings. The topological polar surface area (TPSA) is 29.2 Å². The third kappa shape index (κ3) is 9.36. The Kier molecular flexibility index (Phi) is 21.1. The molecule has 0 heterocycles. The first-order valence-electron chi connectivity index (χ1n) is 21.8. The molecule has 1 atom stereocenters. The van der Waals surface area contributed by atoms with Gasteiger partial charge in [0.05, 0.1) is 51.2 Å². The van der Waals surface area contributed by atoms with Crippen LogP contribution in [0, 0.1) is 47.6 Å². The summed E-state index contributed by atoms with van der Waals surface area (Å²) in [4.78, 5) is 21.2. The van der Waals surface area contributed by atoms with Crippen LogP contribution in [0.3, 0.4) is 0 Å². The maximum Gasteiger partial charge on any atom is 4.00 e. The number of hydrogen-bond donors (Lipinski definition) is 0. The van der Waals surface area contributed by atoms with Crippen molar-refractivity contribution in [3.05, 3.63) is 56.2 Å². The van der Waals surface area contributed by atoms with Crippen molar-refractivity contribution >= 4 is 74.8 Å². The summed E-state index contributed by atoms with van der Waals surface area (Å²) in [5.41, 5.74) is 23.3. The minimum Gasteiger partial charge on any atom is -1.00 e. The number of halogens is 3. The van der Waals surface area contributed by atoms with Crippen LogP contribution in [-0.2, 0) is 21.7 Å². The number of hydrogen-bond acceptors (Lipinski definition) is 9. The van der Waals surface area contributed by atoms with Crippen molar-refractivity contribution in [2.75, 3.05) is 171 Å². The molecule has 9 nitrogen and oxygen atoms in total. The van der Waals surface area contributed by atoms with E-state index in [1.807, 2.05) is 0 Å². The molecule has 14 heteroatoms. The van der Waals surface area contributed by atoms with Crippen molar-refractivity contribution in [2.45, 2.75) is 74.3 Å². The molecule has 0 aliphatic heterocycles. The van der Waals surface area contributed by atoms with Crippen molar-refractivity contribution in [1.29, 1.82) is 0 Å². The Balaban J connectivity index is 0.0000102. The Morgan fingerprint density at radius 3 is 0.615 bits per heavy atom. The maximum absolute atomic E-state index is 4.43. The molecule has 0 saturated carbocycles. The number of anilines is 9. The molecule has 0 radical (unpaired) electrons. The second-order valence-corrected chi connectivity index (χ2v) is 23.9. The first-order valence-corrected chi connectivity index (χ1v) is 23.8. The van der Waals surface area contributed by atoms with Gasteiger partial charge in [-0.2, -0.15) is 11.1 Å². The van der Waals surface area contributed by atoms with Crippen LogP contribution < -0.4 is 96.9 Å². The molecule has 3 aromatic rings. The van der Waals surface area contributed by atoms with Gasteiger partial charge >= 0.3 is 21.7 Å². The molecule has 0 fully saturated rings. The van der Waals surface area contributed by atoms with E-state index < -0.39 is 13.1 Å². The van der Waals surface area contributed by atoms with Crippen molar-refractivity contribution in [3.63, 3.8) is 0 Å². The summed E-state index contributed by atoms with van der Waals surface area (Å²) in [5, 5.41) is 3.89. The molecular weight excluding hydrogens is 921 g/mol. The zero-order chi connectivity index (χ0) is 47.0. The minimum atomic E-state index is -3.57. The largest absolute Gasteiger partial charge is 4.00 e. The molecule has 0 saturated heterocycles. The summed E-state index contributed by atoms with van der Waals surface area (Å²) < 4.78 is 0. The predicted octanol–water partition coefficient (Wildman–Crippen LogP) is -1.53. The summed E-state index contributed by atoms with van der Waals surface area (Å²) in [6.07, 6.45) is 4.43. The van der Waals surface area contributed by atoms with Crippen LogP contribution >= 0.6 is 0 Å². The normalized spacial score (nSPS) is 14.4. The predicted molar refractivity (Wildman–Crippen MR) is 281 cm³/mol. The van der Waals surface area contributed by atoms with Crippen molar-refractivity contribution in [3.8, 4) is 0 Å². The fourth-order valence-corrected chi connectivity index (χ4v) is 19.4. The van der Waals surface area contributed by atoms with E-state index in [0.29, 0.717) is 0 Å². The van der Waals surface area contributed by atoms with Crippen LogP contribution in [0.2, 0.25) is 5.04 Å². The average Bonchev–Trinajstić information content (AvgIpc) is 3.31. The fraction of sp³-hybridized carbons (Fsp3) is 0.569. The first kappa shape index (κ1) is 62.1. The van der Waals surface area contributed by atoms with Crippen LogP contribution in [0.15, 0.2) is 16.7 Å². The van der Waals surface area contributed by atoms with Crippen molar-refractivity contribution < 1.29 is 58.9 Å². The van der Waals surface area contributed by atoms with Gasteiger partial charge in [-0.3, -0.25) is 6.08 Å². The van der Waals surface area contributed by atoms with Crippen molar-refractivity contribution in [2.24, 2.45) is 0 Å². The van der Waals surface area contributed by atoms with Gasteiger partial charge in [-0.1, -0.05) is 25.8 Å². The molecule has 0 N–H and O–H groups in total. The second kappa shape index (κ2) is 22.1. The van der Waals surface area contributed by atoms with Gasteiger partial charge in [0.15, 0.2) is 0 Å². The SMILES string of the molecule is CC1=[C-]C(C)([Si](c2c(C)c(N(C)C)c(N(C)C)c(N(C)C)c2C)(c2c(C)c(N(C)C)c(N(C)C)c(N(C)C)c2C)c2c(C)c(N(C)C)c(N(C)C)c(N(C)C)c2C)C(C)=C1C.[Cl-].[Cl-].[Cl-].[Ti+4]. The summed E-state index contributed by atoms with van der Waals surface area (Å²) in [6.45, 7) is 24.2. The minimum absolute atomic E-state index is 0. The van der Waals surface area contributed by atoms with Gasteiger partial charge in [0, 0.05) is 127 Å². The van der Waals surface area contributed by atoms with E-state index in [1.165, 1.54) is 117 Å². The quantitative estimate of drug-likeness (QED) is 0.115. The molecule has 1 aliphatic carbocycles. The van der Waals surface area contributed by atoms with Gasteiger partial charge in [-0.05, 0) is 90.5 Å². The third-order valence-electron chi connectivity index (χ3n) is 13.9. The van der Waals surface area contributed by atoms with Gasteiger partial charge in [-0.15, -0.1) is 6.92 Å². The monoisotopic (exact) mass is 1000 g/mol. The fourth-order valence-electron chi connectivity index (χ4n) is 11.9. The van der Waals surface area contributed by atoms with Gasteiger partial charge < -0.3 is 81.3 Å². The van der Waals surface area contributed by atoms with Crippen LogP contribution in [0.4, 0.5) is 51.2 Å². The average molecular weight is 1010 g/mol. The second-order valence-electron chi connectivity index (χ2n) is 19.9. The van der Waals surface area contributed by atoms with E-state index in [0.717, 1.165) is 0 Å². The summed E-state index contributed by atoms with van der Waals surface area (Å²) in [7, 11) is 36.4. The van der Waals surface area contributed by atoms with Crippen LogP contribution in [0.25, 0.3) is 0 Å². The smallest absolute Gasteiger partial charge is 1.00 e. The zero-order valence-electron chi connectivity index (χ0n) is 45.7. The molecule has 1 unspecified atom stereocenters. The Bertz CT molecular complexity index is 1980. The summed E-state index contributed by atoms with van der Waals surface area (Å²) >= 11 is 0. The van der Waals surface area contributed by atoms with E-state index in [2.05, 4.69) is 246 Å². The van der Waals surface area contributed by atoms with Gasteiger partial charge in [0.1, 0.15) is 8.07 Å². The molecule has 0 bridgehead atoms. The van der Waals surface area contributed by atoms with Gasteiger partial charge in [0.25, 0.3) is 0 Å². The Hall–Kier alpha value is -2.86. The van der Waals surface area contributed by atoms with E-state index in [9.17, 15) is 0 Å². The van der Waals surface area contributed by atoms with E-state index in [-0.39, 0.29) is 58.9 Å². The number of allylic oxidation sites excluding steroid dienone is 4. The third-order valence-corrected chi connectivity index (χ3v) is 20.4. The summed E-state index contributed by atoms with van der Waals surface area (Å²) in [5.74, 6) is 0. The van der Waals surface area contributed by atoms with Crippen LogP contribution in [-0.4, -0.2) is 135 Å². The Morgan fingerprint density at radius 1 is 0.323 bits per heavy atom. The maximum atomic E-state index is 4.43. The number of nitrogens with zero attached hydrogens (tertiary/aromatic N) is 9. The molecule has 0 spiro atoms. The van der Waals surface area contributed by atoms with Gasteiger partial charge in [0.2, 0.25) is 0 Å².